The van der Waals surface area contributed by atoms with Gasteiger partial charge in [-0.2, -0.15) is 0 Å². The van der Waals surface area contributed by atoms with E-state index in [1.807, 2.05) is 92.7 Å². The molecular formula is C53H73N4O10P. The molecule has 0 spiro atoms. The third kappa shape index (κ3) is 18.2. The van der Waals surface area contributed by atoms with Crippen molar-refractivity contribution in [3.8, 4) is 0 Å². The molecule has 3 amide bonds. The normalized spacial score (nSPS) is 13.5. The number of ether oxygens (including phenoxy) is 2. The first kappa shape index (κ1) is 55.1. The molecule has 370 valence electrons. The van der Waals surface area contributed by atoms with Crippen molar-refractivity contribution >= 4 is 48.8 Å². The van der Waals surface area contributed by atoms with E-state index in [1.54, 1.807) is 52.0 Å². The van der Waals surface area contributed by atoms with Crippen LogP contribution >= 0.6 is 7.82 Å². The van der Waals surface area contributed by atoms with Crippen LogP contribution in [0.4, 0.5) is 21.9 Å². The Balaban J connectivity index is 1.46. The molecule has 0 aliphatic heterocycles. The second kappa shape index (κ2) is 26.9. The molecule has 0 fully saturated rings. The third-order valence-electron chi connectivity index (χ3n) is 10.8. The van der Waals surface area contributed by atoms with Gasteiger partial charge < -0.3 is 30.3 Å². The molecule has 15 heteroatoms. The topological polar surface area (TPSA) is 171 Å². The Kier molecular flexibility index (Phi) is 21.8. The van der Waals surface area contributed by atoms with Crippen molar-refractivity contribution in [1.29, 1.82) is 0 Å². The molecule has 4 rings (SSSR count). The van der Waals surface area contributed by atoms with Crippen LogP contribution in [-0.2, 0) is 55.2 Å². The monoisotopic (exact) mass is 957 g/mol. The van der Waals surface area contributed by atoms with Crippen molar-refractivity contribution in [3.05, 3.63) is 125 Å². The molecule has 3 N–H and O–H groups in total. The lowest BCUT2D eigenvalue weighted by atomic mass is 9.92. The largest absolute Gasteiger partial charge is 0.476 e. The smallest absolute Gasteiger partial charge is 0.425 e. The molecule has 68 heavy (non-hydrogen) atoms. The molecule has 0 saturated heterocycles. The van der Waals surface area contributed by atoms with Crippen LogP contribution < -0.4 is 20.9 Å². The highest BCUT2D eigenvalue weighted by Gasteiger charge is 2.36. The molecule has 14 nitrogen and oxygen atoms in total. The number of aryl methyl sites for hydroxylation is 1. The minimum atomic E-state index is -4.34. The van der Waals surface area contributed by atoms with Gasteiger partial charge in [0.05, 0.1) is 31.0 Å². The molecule has 0 radical (unpaired) electrons. The first-order chi connectivity index (χ1) is 32.2. The molecular weight excluding hydrogens is 884 g/mol. The maximum atomic E-state index is 14.0. The summed E-state index contributed by atoms with van der Waals surface area (Å²) in [4.78, 5) is 56.9. The fourth-order valence-corrected chi connectivity index (χ4v) is 8.48. The van der Waals surface area contributed by atoms with Gasteiger partial charge in [0.25, 0.3) is 0 Å². The Bertz CT molecular complexity index is 2200. The van der Waals surface area contributed by atoms with Crippen LogP contribution in [-0.4, -0.2) is 55.4 Å². The van der Waals surface area contributed by atoms with E-state index in [0.717, 1.165) is 29.9 Å². The number of anilines is 3. The molecule has 4 unspecified atom stereocenters. The summed E-state index contributed by atoms with van der Waals surface area (Å²) in [5.74, 6) is -2.69. The molecule has 4 atom stereocenters. The van der Waals surface area contributed by atoms with E-state index >= 15 is 0 Å². The Morgan fingerprint density at radius 1 is 0.676 bits per heavy atom. The van der Waals surface area contributed by atoms with E-state index in [2.05, 4.69) is 48.5 Å². The first-order valence-electron chi connectivity index (χ1n) is 23.6. The number of nitrogens with zero attached hydrogens (tertiary/aromatic N) is 1. The quantitative estimate of drug-likeness (QED) is 0.0311. The van der Waals surface area contributed by atoms with Gasteiger partial charge >= 0.3 is 25.8 Å². The zero-order valence-corrected chi connectivity index (χ0v) is 42.5. The van der Waals surface area contributed by atoms with E-state index in [1.165, 1.54) is 6.92 Å². The predicted molar refractivity (Wildman–Crippen MR) is 268 cm³/mol. The number of nitrogens with one attached hydrogen (secondary N) is 3. The minimum absolute atomic E-state index is 0.0364. The number of phosphoric ester groups is 1. The molecule has 0 aliphatic carbocycles. The highest BCUT2D eigenvalue weighted by molar-refractivity contribution is 7.48. The Morgan fingerprint density at radius 2 is 1.24 bits per heavy atom. The van der Waals surface area contributed by atoms with Gasteiger partial charge in [-0.15, -0.1) is 0 Å². The Morgan fingerprint density at radius 3 is 1.74 bits per heavy atom. The van der Waals surface area contributed by atoms with E-state index < -0.39 is 62.0 Å². The first-order valence-corrected chi connectivity index (χ1v) is 25.1. The number of hydrogen-bond acceptors (Lipinski definition) is 11. The van der Waals surface area contributed by atoms with Crippen molar-refractivity contribution in [2.75, 3.05) is 28.6 Å². The summed E-state index contributed by atoms with van der Waals surface area (Å²) < 4.78 is 42.7. The van der Waals surface area contributed by atoms with Crippen molar-refractivity contribution < 1.29 is 46.8 Å². The van der Waals surface area contributed by atoms with Crippen molar-refractivity contribution in [3.63, 3.8) is 0 Å². The standard InChI is InChI=1S/C53H73N4O10P/c1-12-43(44-25-28-47(57(31-35(2)3)32-36(4)5)46(29-44)55-53(61)54-45-26-23-39(10)24-27-45)30-48(58)65-52(38(8)9)66-51(60)49(37(6)7)56-50(59)40(11)67-68(62,63-33-41-19-15-13-16-20-41)64-34-42-21-17-14-18-22-42/h13-29,35-38,40,43,49,52H,12,30-34H2,1-11H3,(H,56,59)(H2,54,55,61). The van der Waals surface area contributed by atoms with Crippen LogP contribution in [0.1, 0.15) is 110 Å². The number of amides is 3. The zero-order valence-electron chi connectivity index (χ0n) is 41.7. The summed E-state index contributed by atoms with van der Waals surface area (Å²) in [7, 11) is -4.34. The molecule has 0 saturated carbocycles. The van der Waals surface area contributed by atoms with E-state index in [4.69, 9.17) is 23.0 Å². The van der Waals surface area contributed by atoms with Crippen LogP contribution in [0.3, 0.4) is 0 Å². The van der Waals surface area contributed by atoms with Crippen molar-refractivity contribution in [2.24, 2.45) is 23.7 Å². The zero-order chi connectivity index (χ0) is 50.0. The Labute approximate surface area is 403 Å². The van der Waals surface area contributed by atoms with Gasteiger partial charge in [0, 0.05) is 24.7 Å². The van der Waals surface area contributed by atoms with Gasteiger partial charge in [0.15, 0.2) is 0 Å². The maximum Gasteiger partial charge on any atom is 0.476 e. The van der Waals surface area contributed by atoms with Gasteiger partial charge in [0.1, 0.15) is 12.1 Å². The summed E-state index contributed by atoms with van der Waals surface area (Å²) >= 11 is 0. The highest BCUT2D eigenvalue weighted by Crippen LogP contribution is 2.52. The highest BCUT2D eigenvalue weighted by atomic mass is 31.2. The molecule has 0 bridgehead atoms. The third-order valence-corrected chi connectivity index (χ3v) is 12.3. The number of phosphoric acid groups is 1. The summed E-state index contributed by atoms with van der Waals surface area (Å²) in [5.41, 5.74) is 5.47. The van der Waals surface area contributed by atoms with Gasteiger partial charge in [-0.25, -0.2) is 14.2 Å². The lowest BCUT2D eigenvalue weighted by Crippen LogP contribution is -2.50. The van der Waals surface area contributed by atoms with Gasteiger partial charge in [0.2, 0.25) is 12.2 Å². The van der Waals surface area contributed by atoms with E-state index in [-0.39, 0.29) is 25.6 Å². The molecule has 0 aromatic heterocycles. The average molecular weight is 957 g/mol. The number of hydrogen-bond donors (Lipinski definition) is 3. The number of benzene rings is 4. The molecule has 0 heterocycles. The SMILES string of the molecule is CCC(CC(=O)OC(OC(=O)C(NC(=O)C(C)OP(=O)(OCc1ccccc1)OCc1ccccc1)C(C)C)C(C)C)c1ccc(N(CC(C)C)CC(C)C)c(NC(=O)Nc2ccc(C)cc2)c1. The van der Waals surface area contributed by atoms with Crippen LogP contribution in [0, 0.1) is 30.6 Å². The molecule has 4 aromatic carbocycles. The van der Waals surface area contributed by atoms with Crippen molar-refractivity contribution in [2.45, 2.75) is 127 Å². The number of esters is 2. The number of carbonyl (C=O) groups is 4. The van der Waals surface area contributed by atoms with Crippen LogP contribution in [0.2, 0.25) is 0 Å². The minimum Gasteiger partial charge on any atom is -0.425 e. The second-order valence-electron chi connectivity index (χ2n) is 18.7. The second-order valence-corrected chi connectivity index (χ2v) is 20.3. The Hall–Kier alpha value is -5.53. The molecule has 0 aliphatic rings. The van der Waals surface area contributed by atoms with Gasteiger partial charge in [-0.05, 0) is 84.9 Å². The lowest BCUT2D eigenvalue weighted by Gasteiger charge is -2.31. The van der Waals surface area contributed by atoms with E-state index in [0.29, 0.717) is 40.8 Å². The fraction of sp³-hybridized carbons (Fsp3) is 0.472. The fourth-order valence-electron chi connectivity index (χ4n) is 7.18. The number of carbonyl (C=O) groups excluding carboxylic acids is 4. The maximum absolute atomic E-state index is 14.0. The summed E-state index contributed by atoms with van der Waals surface area (Å²) in [6.45, 7) is 22.2. The van der Waals surface area contributed by atoms with Crippen LogP contribution in [0.15, 0.2) is 103 Å². The lowest BCUT2D eigenvalue weighted by molar-refractivity contribution is -0.198. The number of rotatable bonds is 26. The van der Waals surface area contributed by atoms with Gasteiger partial charge in [-0.1, -0.05) is 147 Å². The summed E-state index contributed by atoms with van der Waals surface area (Å²) in [6.07, 6.45) is -2.12. The predicted octanol–water partition coefficient (Wildman–Crippen LogP) is 11.8. The van der Waals surface area contributed by atoms with E-state index in [9.17, 15) is 23.7 Å². The molecule has 4 aromatic rings. The number of urea groups is 1. The average Bonchev–Trinajstić information content (AvgIpc) is 3.29. The van der Waals surface area contributed by atoms with Crippen molar-refractivity contribution in [1.82, 2.24) is 5.32 Å². The summed E-state index contributed by atoms with van der Waals surface area (Å²) in [5, 5.41) is 8.68. The summed E-state index contributed by atoms with van der Waals surface area (Å²) in [6, 6.07) is 30.0. The van der Waals surface area contributed by atoms with Crippen LogP contribution in [0.5, 0.6) is 0 Å². The van der Waals surface area contributed by atoms with Gasteiger partial charge in [-0.3, -0.25) is 23.2 Å². The van der Waals surface area contributed by atoms with Crippen LogP contribution in [0.25, 0.3) is 0 Å².